The lowest BCUT2D eigenvalue weighted by atomic mass is 9.86. The van der Waals surface area contributed by atoms with E-state index >= 15 is 0 Å². The van der Waals surface area contributed by atoms with Crippen molar-refractivity contribution in [3.8, 4) is 0 Å². The van der Waals surface area contributed by atoms with E-state index in [1.807, 2.05) is 29.2 Å². The van der Waals surface area contributed by atoms with Crippen molar-refractivity contribution in [2.75, 3.05) is 25.6 Å². The van der Waals surface area contributed by atoms with Gasteiger partial charge in [-0.25, -0.2) is 0 Å². The van der Waals surface area contributed by atoms with Crippen LogP contribution in [-0.4, -0.2) is 42.5 Å². The van der Waals surface area contributed by atoms with Crippen LogP contribution in [0.25, 0.3) is 0 Å². The van der Waals surface area contributed by atoms with Gasteiger partial charge in [-0.3, -0.25) is 4.79 Å². The molecule has 0 spiro atoms. The number of alkyl halides is 1. The maximum absolute atomic E-state index is 12.4. The standard InChI is InChI=1S/C16H22ClNO2/c1-16(2,3)13-6-4-12(5-7-13)15(19)18-8-9-20-14(10-17)11-18/h4-7,14H,8-11H2,1-3H3. The normalized spacial score (nSPS) is 20.0. The van der Waals surface area contributed by atoms with Gasteiger partial charge in [0, 0.05) is 18.7 Å². The third-order valence-electron chi connectivity index (χ3n) is 3.60. The smallest absolute Gasteiger partial charge is 0.254 e. The summed E-state index contributed by atoms with van der Waals surface area (Å²) in [5, 5.41) is 0. The second kappa shape index (κ2) is 6.15. The fraction of sp³-hybridized carbons (Fsp3) is 0.562. The molecule has 0 radical (unpaired) electrons. The Morgan fingerprint density at radius 2 is 2.00 bits per heavy atom. The lowest BCUT2D eigenvalue weighted by Gasteiger charge is -2.32. The fourth-order valence-corrected chi connectivity index (χ4v) is 2.48. The minimum absolute atomic E-state index is 0.0526. The number of hydrogen-bond acceptors (Lipinski definition) is 2. The summed E-state index contributed by atoms with van der Waals surface area (Å²) in [7, 11) is 0. The molecule has 110 valence electrons. The van der Waals surface area contributed by atoms with E-state index < -0.39 is 0 Å². The van der Waals surface area contributed by atoms with Gasteiger partial charge in [0.25, 0.3) is 5.91 Å². The third kappa shape index (κ3) is 3.53. The maximum Gasteiger partial charge on any atom is 0.254 e. The highest BCUT2D eigenvalue weighted by molar-refractivity contribution is 6.18. The predicted molar refractivity (Wildman–Crippen MR) is 81.5 cm³/mol. The summed E-state index contributed by atoms with van der Waals surface area (Å²) >= 11 is 5.80. The number of carbonyl (C=O) groups is 1. The average molecular weight is 296 g/mol. The number of halogens is 1. The van der Waals surface area contributed by atoms with Crippen molar-refractivity contribution >= 4 is 17.5 Å². The molecule has 0 saturated carbocycles. The largest absolute Gasteiger partial charge is 0.373 e. The maximum atomic E-state index is 12.4. The number of rotatable bonds is 2. The van der Waals surface area contributed by atoms with Crippen molar-refractivity contribution in [3.05, 3.63) is 35.4 Å². The number of morpholine rings is 1. The monoisotopic (exact) mass is 295 g/mol. The third-order valence-corrected chi connectivity index (χ3v) is 3.94. The molecule has 20 heavy (non-hydrogen) atoms. The molecule has 4 heteroatoms. The van der Waals surface area contributed by atoms with E-state index in [9.17, 15) is 4.79 Å². The molecule has 0 N–H and O–H groups in total. The predicted octanol–water partition coefficient (Wildman–Crippen LogP) is 3.06. The number of amides is 1. The number of carbonyl (C=O) groups excluding carboxylic acids is 1. The van der Waals surface area contributed by atoms with Crippen LogP contribution in [0.5, 0.6) is 0 Å². The zero-order chi connectivity index (χ0) is 14.8. The van der Waals surface area contributed by atoms with Crippen molar-refractivity contribution in [1.82, 2.24) is 4.90 Å². The summed E-state index contributed by atoms with van der Waals surface area (Å²) in [5.74, 6) is 0.482. The Balaban J connectivity index is 2.09. The van der Waals surface area contributed by atoms with Crippen LogP contribution in [-0.2, 0) is 10.2 Å². The Bertz CT molecular complexity index is 464. The van der Waals surface area contributed by atoms with E-state index in [1.165, 1.54) is 5.56 Å². The summed E-state index contributed by atoms with van der Waals surface area (Å²) in [5.41, 5.74) is 2.06. The van der Waals surface area contributed by atoms with E-state index in [4.69, 9.17) is 16.3 Å². The first-order valence-electron chi connectivity index (χ1n) is 6.99. The number of hydrogen-bond donors (Lipinski definition) is 0. The minimum Gasteiger partial charge on any atom is -0.373 e. The van der Waals surface area contributed by atoms with E-state index in [1.54, 1.807) is 0 Å². The van der Waals surface area contributed by atoms with Gasteiger partial charge in [-0.1, -0.05) is 32.9 Å². The van der Waals surface area contributed by atoms with Crippen LogP contribution in [0.2, 0.25) is 0 Å². The van der Waals surface area contributed by atoms with E-state index in [0.29, 0.717) is 25.6 Å². The quantitative estimate of drug-likeness (QED) is 0.785. The summed E-state index contributed by atoms with van der Waals surface area (Å²) in [6.45, 7) is 8.25. The molecule has 1 fully saturated rings. The average Bonchev–Trinajstić information content (AvgIpc) is 2.46. The first kappa shape index (κ1) is 15.3. The first-order chi connectivity index (χ1) is 9.41. The molecule has 1 unspecified atom stereocenters. The van der Waals surface area contributed by atoms with Crippen LogP contribution in [0, 0.1) is 0 Å². The lowest BCUT2D eigenvalue weighted by Crippen LogP contribution is -2.46. The fourth-order valence-electron chi connectivity index (χ4n) is 2.29. The van der Waals surface area contributed by atoms with Gasteiger partial charge in [0.1, 0.15) is 0 Å². The zero-order valence-corrected chi connectivity index (χ0v) is 13.1. The molecule has 1 atom stereocenters. The van der Waals surface area contributed by atoms with Crippen LogP contribution in [0.1, 0.15) is 36.7 Å². The van der Waals surface area contributed by atoms with Crippen molar-refractivity contribution in [2.45, 2.75) is 32.3 Å². The Labute approximate surface area is 125 Å². The van der Waals surface area contributed by atoms with Crippen LogP contribution < -0.4 is 0 Å². The molecule has 0 aliphatic carbocycles. The van der Waals surface area contributed by atoms with Gasteiger partial charge in [0.15, 0.2) is 0 Å². The van der Waals surface area contributed by atoms with Crippen molar-refractivity contribution in [2.24, 2.45) is 0 Å². The van der Waals surface area contributed by atoms with Crippen molar-refractivity contribution in [3.63, 3.8) is 0 Å². The molecular formula is C16H22ClNO2. The number of ether oxygens (including phenoxy) is 1. The number of nitrogens with zero attached hydrogens (tertiary/aromatic N) is 1. The molecule has 1 amide bonds. The molecule has 1 saturated heterocycles. The summed E-state index contributed by atoms with van der Waals surface area (Å²) in [6.07, 6.45) is -0.0526. The Morgan fingerprint density at radius 1 is 1.35 bits per heavy atom. The van der Waals surface area contributed by atoms with E-state index in [-0.39, 0.29) is 17.4 Å². The molecule has 1 aromatic rings. The lowest BCUT2D eigenvalue weighted by molar-refractivity contribution is -0.0108. The zero-order valence-electron chi connectivity index (χ0n) is 12.4. The highest BCUT2D eigenvalue weighted by Crippen LogP contribution is 2.22. The van der Waals surface area contributed by atoms with Gasteiger partial charge in [0.2, 0.25) is 0 Å². The molecule has 1 aliphatic heterocycles. The molecule has 2 rings (SSSR count). The van der Waals surface area contributed by atoms with Crippen LogP contribution in [0.15, 0.2) is 24.3 Å². The summed E-state index contributed by atoms with van der Waals surface area (Å²) < 4.78 is 5.48. The summed E-state index contributed by atoms with van der Waals surface area (Å²) in [6, 6.07) is 7.89. The molecule has 1 aromatic carbocycles. The molecule has 1 heterocycles. The SMILES string of the molecule is CC(C)(C)c1ccc(C(=O)N2CCOC(CCl)C2)cc1. The minimum atomic E-state index is -0.0526. The van der Waals surface area contributed by atoms with Crippen LogP contribution >= 0.6 is 11.6 Å². The summed E-state index contributed by atoms with van der Waals surface area (Å²) in [4.78, 5) is 14.3. The highest BCUT2D eigenvalue weighted by atomic mass is 35.5. The molecule has 1 aliphatic rings. The Morgan fingerprint density at radius 3 is 2.55 bits per heavy atom. The molecule has 3 nitrogen and oxygen atoms in total. The Kier molecular flexibility index (Phi) is 4.71. The van der Waals surface area contributed by atoms with Crippen molar-refractivity contribution in [1.29, 1.82) is 0 Å². The first-order valence-corrected chi connectivity index (χ1v) is 7.52. The highest BCUT2D eigenvalue weighted by Gasteiger charge is 2.24. The molecular weight excluding hydrogens is 274 g/mol. The van der Waals surface area contributed by atoms with Gasteiger partial charge >= 0.3 is 0 Å². The van der Waals surface area contributed by atoms with E-state index in [0.717, 1.165) is 5.56 Å². The molecule has 0 bridgehead atoms. The van der Waals surface area contributed by atoms with Crippen molar-refractivity contribution < 1.29 is 9.53 Å². The van der Waals surface area contributed by atoms with Crippen LogP contribution in [0.3, 0.4) is 0 Å². The van der Waals surface area contributed by atoms with Gasteiger partial charge in [-0.05, 0) is 23.1 Å². The Hall–Kier alpha value is -1.06. The molecule has 0 aromatic heterocycles. The second-order valence-electron chi connectivity index (χ2n) is 6.23. The number of benzene rings is 1. The van der Waals surface area contributed by atoms with Gasteiger partial charge < -0.3 is 9.64 Å². The van der Waals surface area contributed by atoms with E-state index in [2.05, 4.69) is 20.8 Å². The van der Waals surface area contributed by atoms with Gasteiger partial charge in [0.05, 0.1) is 18.6 Å². The second-order valence-corrected chi connectivity index (χ2v) is 6.53. The van der Waals surface area contributed by atoms with Crippen LogP contribution in [0.4, 0.5) is 0 Å². The van der Waals surface area contributed by atoms with Gasteiger partial charge in [-0.15, -0.1) is 11.6 Å². The van der Waals surface area contributed by atoms with Gasteiger partial charge in [-0.2, -0.15) is 0 Å². The topological polar surface area (TPSA) is 29.5 Å².